The molecule has 0 bridgehead atoms. The van der Waals surface area contributed by atoms with E-state index in [4.69, 9.17) is 21.1 Å². The van der Waals surface area contributed by atoms with E-state index in [0.717, 1.165) is 42.7 Å². The summed E-state index contributed by atoms with van der Waals surface area (Å²) in [4.78, 5) is 0. The molecule has 1 unspecified atom stereocenters. The van der Waals surface area contributed by atoms with Gasteiger partial charge in [-0.25, -0.2) is 0 Å². The molecule has 1 aromatic rings. The second-order valence-corrected chi connectivity index (χ2v) is 5.32. The Morgan fingerprint density at radius 2 is 1.68 bits per heavy atom. The summed E-state index contributed by atoms with van der Waals surface area (Å²) < 4.78 is 10.7. The van der Waals surface area contributed by atoms with Gasteiger partial charge in [0, 0.05) is 11.6 Å². The van der Waals surface area contributed by atoms with Crippen LogP contribution in [-0.2, 0) is 0 Å². The quantitative estimate of drug-likeness (QED) is 0.611. The summed E-state index contributed by atoms with van der Waals surface area (Å²) in [6, 6.07) is 5.87. The molecule has 19 heavy (non-hydrogen) atoms. The maximum Gasteiger partial charge on any atom is 0.127 e. The maximum absolute atomic E-state index is 6.69. The van der Waals surface area contributed by atoms with Crippen LogP contribution in [-0.4, -0.2) is 14.2 Å². The van der Waals surface area contributed by atoms with Crippen molar-refractivity contribution in [3.8, 4) is 11.5 Å². The van der Waals surface area contributed by atoms with Crippen LogP contribution in [0.1, 0.15) is 50.5 Å². The standard InChI is InChI=1S/C16H25ClO2/c1-5-7-12(8-6-2)16(17)14-10-9-13(18-3)11-15(14)19-4/h9-12,16H,5-8H2,1-4H3. The predicted molar refractivity (Wildman–Crippen MR) is 81.4 cm³/mol. The molecule has 108 valence electrons. The van der Waals surface area contributed by atoms with Gasteiger partial charge in [0.2, 0.25) is 0 Å². The lowest BCUT2D eigenvalue weighted by molar-refractivity contribution is 0.378. The average molecular weight is 285 g/mol. The second kappa shape index (κ2) is 8.31. The molecule has 1 rings (SSSR count). The number of ether oxygens (including phenoxy) is 2. The van der Waals surface area contributed by atoms with Gasteiger partial charge in [-0.05, 0) is 24.8 Å². The third-order valence-corrected chi connectivity index (χ3v) is 4.06. The molecule has 0 N–H and O–H groups in total. The molecule has 0 saturated carbocycles. The van der Waals surface area contributed by atoms with Crippen LogP contribution >= 0.6 is 11.6 Å². The van der Waals surface area contributed by atoms with Crippen LogP contribution in [0.5, 0.6) is 11.5 Å². The molecule has 1 atom stereocenters. The van der Waals surface area contributed by atoms with Crippen LogP contribution in [0.4, 0.5) is 0 Å². The van der Waals surface area contributed by atoms with Crippen LogP contribution in [0, 0.1) is 5.92 Å². The Labute approximate surface area is 122 Å². The smallest absolute Gasteiger partial charge is 0.127 e. The predicted octanol–water partition coefficient (Wildman–Crippen LogP) is 5.20. The number of benzene rings is 1. The minimum atomic E-state index is 0.000700. The van der Waals surface area contributed by atoms with Crippen molar-refractivity contribution in [2.24, 2.45) is 5.92 Å². The summed E-state index contributed by atoms with van der Waals surface area (Å²) in [5, 5.41) is 0.000700. The SMILES string of the molecule is CCCC(CCC)C(Cl)c1ccc(OC)cc1OC. The number of methoxy groups -OCH3 is 2. The van der Waals surface area contributed by atoms with E-state index in [2.05, 4.69) is 13.8 Å². The van der Waals surface area contributed by atoms with Crippen molar-refractivity contribution < 1.29 is 9.47 Å². The molecule has 0 aliphatic carbocycles. The fraction of sp³-hybridized carbons (Fsp3) is 0.625. The highest BCUT2D eigenvalue weighted by atomic mass is 35.5. The van der Waals surface area contributed by atoms with Crippen molar-refractivity contribution in [2.75, 3.05) is 14.2 Å². The van der Waals surface area contributed by atoms with Gasteiger partial charge in [0.25, 0.3) is 0 Å². The second-order valence-electron chi connectivity index (χ2n) is 4.85. The minimum absolute atomic E-state index is 0.000700. The Morgan fingerprint density at radius 3 is 2.16 bits per heavy atom. The zero-order valence-electron chi connectivity index (χ0n) is 12.4. The summed E-state index contributed by atoms with van der Waals surface area (Å²) in [5.74, 6) is 2.11. The monoisotopic (exact) mass is 284 g/mol. The Morgan fingerprint density at radius 1 is 1.05 bits per heavy atom. The van der Waals surface area contributed by atoms with Crippen LogP contribution in [0.15, 0.2) is 18.2 Å². The van der Waals surface area contributed by atoms with Gasteiger partial charge >= 0.3 is 0 Å². The summed E-state index contributed by atoms with van der Waals surface area (Å²) in [6.07, 6.45) is 4.62. The summed E-state index contributed by atoms with van der Waals surface area (Å²) >= 11 is 6.69. The topological polar surface area (TPSA) is 18.5 Å². The van der Waals surface area contributed by atoms with Gasteiger partial charge in [-0.15, -0.1) is 11.6 Å². The first-order chi connectivity index (χ1) is 9.17. The third-order valence-electron chi connectivity index (χ3n) is 3.47. The number of hydrogen-bond donors (Lipinski definition) is 0. The van der Waals surface area contributed by atoms with Gasteiger partial charge in [-0.3, -0.25) is 0 Å². The molecule has 0 saturated heterocycles. The van der Waals surface area contributed by atoms with E-state index >= 15 is 0 Å². The third kappa shape index (κ3) is 4.31. The van der Waals surface area contributed by atoms with E-state index in [-0.39, 0.29) is 5.38 Å². The van der Waals surface area contributed by atoms with Crippen molar-refractivity contribution in [3.63, 3.8) is 0 Å². The summed E-state index contributed by atoms with van der Waals surface area (Å²) in [6.45, 7) is 4.41. The number of rotatable bonds is 8. The first-order valence-electron chi connectivity index (χ1n) is 7.03. The van der Waals surface area contributed by atoms with E-state index in [0.29, 0.717) is 5.92 Å². The highest BCUT2D eigenvalue weighted by molar-refractivity contribution is 6.21. The van der Waals surface area contributed by atoms with Gasteiger partial charge in [0.15, 0.2) is 0 Å². The molecule has 0 heterocycles. The summed E-state index contributed by atoms with van der Waals surface area (Å²) in [5.41, 5.74) is 1.07. The van der Waals surface area contributed by atoms with Crippen molar-refractivity contribution in [3.05, 3.63) is 23.8 Å². The Balaban J connectivity index is 2.98. The maximum atomic E-state index is 6.69. The van der Waals surface area contributed by atoms with Crippen LogP contribution in [0.3, 0.4) is 0 Å². The first-order valence-corrected chi connectivity index (χ1v) is 7.47. The first kappa shape index (κ1) is 16.2. The van der Waals surface area contributed by atoms with Crippen LogP contribution < -0.4 is 9.47 Å². The molecular formula is C16H25ClO2. The van der Waals surface area contributed by atoms with E-state index in [1.54, 1.807) is 14.2 Å². The van der Waals surface area contributed by atoms with E-state index in [1.807, 2.05) is 18.2 Å². The van der Waals surface area contributed by atoms with Gasteiger partial charge < -0.3 is 9.47 Å². The number of hydrogen-bond acceptors (Lipinski definition) is 2. The Hall–Kier alpha value is -0.890. The fourth-order valence-corrected chi connectivity index (χ4v) is 2.91. The van der Waals surface area contributed by atoms with Gasteiger partial charge in [-0.1, -0.05) is 32.8 Å². The fourth-order valence-electron chi connectivity index (χ4n) is 2.48. The molecule has 0 aliphatic rings. The van der Waals surface area contributed by atoms with Gasteiger partial charge in [0.05, 0.1) is 19.6 Å². The molecule has 3 heteroatoms. The molecule has 0 amide bonds. The largest absolute Gasteiger partial charge is 0.497 e. The van der Waals surface area contributed by atoms with Gasteiger partial charge in [0.1, 0.15) is 11.5 Å². The average Bonchev–Trinajstić information content (AvgIpc) is 2.45. The molecule has 0 radical (unpaired) electrons. The Bertz CT molecular complexity index is 373. The van der Waals surface area contributed by atoms with Crippen LogP contribution in [0.25, 0.3) is 0 Å². The molecule has 1 aromatic carbocycles. The molecule has 0 aromatic heterocycles. The van der Waals surface area contributed by atoms with E-state index in [1.165, 1.54) is 0 Å². The van der Waals surface area contributed by atoms with E-state index < -0.39 is 0 Å². The van der Waals surface area contributed by atoms with Crippen molar-refractivity contribution in [1.29, 1.82) is 0 Å². The molecule has 0 aliphatic heterocycles. The molecule has 0 spiro atoms. The Kier molecular flexibility index (Phi) is 7.07. The lowest BCUT2D eigenvalue weighted by atomic mass is 9.90. The highest BCUT2D eigenvalue weighted by Gasteiger charge is 2.23. The van der Waals surface area contributed by atoms with E-state index in [9.17, 15) is 0 Å². The summed E-state index contributed by atoms with van der Waals surface area (Å²) in [7, 11) is 3.33. The number of halogens is 1. The normalized spacial score (nSPS) is 12.5. The highest BCUT2D eigenvalue weighted by Crippen LogP contribution is 2.40. The minimum Gasteiger partial charge on any atom is -0.497 e. The molecule has 0 fully saturated rings. The van der Waals surface area contributed by atoms with Crippen LogP contribution in [0.2, 0.25) is 0 Å². The number of alkyl halides is 1. The lowest BCUT2D eigenvalue weighted by Gasteiger charge is -2.23. The molecule has 2 nitrogen and oxygen atoms in total. The zero-order chi connectivity index (χ0) is 14.3. The van der Waals surface area contributed by atoms with Crippen molar-refractivity contribution in [1.82, 2.24) is 0 Å². The van der Waals surface area contributed by atoms with Crippen molar-refractivity contribution >= 4 is 11.6 Å². The molecular weight excluding hydrogens is 260 g/mol. The zero-order valence-corrected chi connectivity index (χ0v) is 13.2. The van der Waals surface area contributed by atoms with Gasteiger partial charge in [-0.2, -0.15) is 0 Å². The van der Waals surface area contributed by atoms with Crippen molar-refractivity contribution in [2.45, 2.75) is 44.9 Å². The lowest BCUT2D eigenvalue weighted by Crippen LogP contribution is -2.09.